The maximum Gasteiger partial charge on any atom is 0.133 e. The van der Waals surface area contributed by atoms with Gasteiger partial charge in [0.25, 0.3) is 0 Å². The molecule has 0 atom stereocenters. The van der Waals surface area contributed by atoms with Crippen molar-refractivity contribution in [3.05, 3.63) is 60.6 Å². The first kappa shape index (κ1) is 9.84. The largest absolute Gasteiger partial charge is 0.264 e. The predicted molar refractivity (Wildman–Crippen MR) is 64.4 cm³/mol. The van der Waals surface area contributed by atoms with E-state index in [4.69, 9.17) is 0 Å². The molecule has 0 fully saturated rings. The minimum atomic E-state index is 0.693. The van der Waals surface area contributed by atoms with Gasteiger partial charge in [0.2, 0.25) is 0 Å². The second-order valence-electron chi connectivity index (χ2n) is 3.76. The number of hydrogen-bond donors (Lipinski definition) is 0. The molecule has 0 bridgehead atoms. The number of hydrogen-bond acceptors (Lipinski definition) is 4. The molecule has 0 N–H and O–H groups in total. The highest BCUT2D eigenvalue weighted by Crippen LogP contribution is 2.10. The summed E-state index contributed by atoms with van der Waals surface area (Å²) in [6, 6.07) is 5.84. The monoisotopic (exact) mass is 222 g/mol. The molecule has 82 valence electrons. The van der Waals surface area contributed by atoms with Crippen LogP contribution in [-0.2, 0) is 6.42 Å². The van der Waals surface area contributed by atoms with Crippen molar-refractivity contribution in [3.63, 3.8) is 0 Å². The Kier molecular flexibility index (Phi) is 2.46. The zero-order chi connectivity index (χ0) is 11.5. The van der Waals surface area contributed by atoms with E-state index in [0.717, 1.165) is 22.3 Å². The molecule has 0 aliphatic carbocycles. The van der Waals surface area contributed by atoms with Gasteiger partial charge < -0.3 is 0 Å². The Hall–Kier alpha value is -2.36. The molecule has 3 aromatic rings. The van der Waals surface area contributed by atoms with E-state index in [1.54, 1.807) is 18.6 Å². The van der Waals surface area contributed by atoms with Gasteiger partial charge in [0, 0.05) is 36.6 Å². The summed E-state index contributed by atoms with van der Waals surface area (Å²) >= 11 is 0. The SMILES string of the molecule is c1cncc(Cc2ncc3ccncc3n2)c1. The summed E-state index contributed by atoms with van der Waals surface area (Å²) in [4.78, 5) is 16.9. The number of aromatic nitrogens is 4. The molecule has 0 radical (unpaired) electrons. The highest BCUT2D eigenvalue weighted by Gasteiger charge is 2.01. The van der Waals surface area contributed by atoms with Crippen LogP contribution in [0.4, 0.5) is 0 Å². The lowest BCUT2D eigenvalue weighted by atomic mass is 10.2. The molecule has 0 aliphatic rings. The van der Waals surface area contributed by atoms with Gasteiger partial charge in [-0.2, -0.15) is 0 Å². The molecule has 17 heavy (non-hydrogen) atoms. The quantitative estimate of drug-likeness (QED) is 0.665. The van der Waals surface area contributed by atoms with Crippen molar-refractivity contribution < 1.29 is 0 Å². The molecule has 0 unspecified atom stereocenters. The third-order valence-corrected chi connectivity index (χ3v) is 2.52. The van der Waals surface area contributed by atoms with Gasteiger partial charge in [-0.1, -0.05) is 6.07 Å². The molecule has 0 aliphatic heterocycles. The zero-order valence-electron chi connectivity index (χ0n) is 9.11. The Morgan fingerprint density at radius 1 is 0.941 bits per heavy atom. The molecule has 3 aromatic heterocycles. The number of fused-ring (bicyclic) bond motifs is 1. The molecule has 3 heterocycles. The van der Waals surface area contributed by atoms with Crippen molar-refractivity contribution >= 4 is 10.9 Å². The molecule has 0 saturated carbocycles. The van der Waals surface area contributed by atoms with Crippen molar-refractivity contribution in [2.45, 2.75) is 6.42 Å². The van der Waals surface area contributed by atoms with Crippen LogP contribution in [0.2, 0.25) is 0 Å². The van der Waals surface area contributed by atoms with E-state index in [2.05, 4.69) is 19.9 Å². The van der Waals surface area contributed by atoms with Gasteiger partial charge in [-0.05, 0) is 17.7 Å². The van der Waals surface area contributed by atoms with E-state index in [1.807, 2.05) is 30.6 Å². The van der Waals surface area contributed by atoms with E-state index in [0.29, 0.717) is 6.42 Å². The lowest BCUT2D eigenvalue weighted by Gasteiger charge is -2.01. The summed E-state index contributed by atoms with van der Waals surface area (Å²) in [5, 5.41) is 1.01. The molecular weight excluding hydrogens is 212 g/mol. The van der Waals surface area contributed by atoms with Crippen LogP contribution in [0.3, 0.4) is 0 Å². The van der Waals surface area contributed by atoms with Crippen molar-refractivity contribution in [1.29, 1.82) is 0 Å². The van der Waals surface area contributed by atoms with Crippen molar-refractivity contribution in [2.24, 2.45) is 0 Å². The van der Waals surface area contributed by atoms with Gasteiger partial charge >= 0.3 is 0 Å². The van der Waals surface area contributed by atoms with Gasteiger partial charge in [-0.15, -0.1) is 0 Å². The first-order valence-electron chi connectivity index (χ1n) is 5.36. The molecular formula is C13H10N4. The summed E-state index contributed by atoms with van der Waals surface area (Å²) in [5.74, 6) is 0.790. The molecule has 0 spiro atoms. The number of pyridine rings is 2. The Labute approximate surface area is 98.4 Å². The normalized spacial score (nSPS) is 10.6. The lowest BCUT2D eigenvalue weighted by Crippen LogP contribution is -1.97. The summed E-state index contributed by atoms with van der Waals surface area (Å²) in [6.07, 6.45) is 9.61. The second kappa shape index (κ2) is 4.25. The molecule has 4 nitrogen and oxygen atoms in total. The van der Waals surface area contributed by atoms with E-state index in [-0.39, 0.29) is 0 Å². The summed E-state index contributed by atoms with van der Waals surface area (Å²) < 4.78 is 0. The number of rotatable bonds is 2. The Morgan fingerprint density at radius 3 is 2.76 bits per heavy atom. The fraction of sp³-hybridized carbons (Fsp3) is 0.0769. The van der Waals surface area contributed by atoms with Crippen molar-refractivity contribution in [3.8, 4) is 0 Å². The summed E-state index contributed by atoms with van der Waals surface area (Å²) in [6.45, 7) is 0. The Bertz CT molecular complexity index is 637. The average Bonchev–Trinajstić information content (AvgIpc) is 2.40. The highest BCUT2D eigenvalue weighted by atomic mass is 14.9. The van der Waals surface area contributed by atoms with Crippen LogP contribution >= 0.6 is 0 Å². The zero-order valence-corrected chi connectivity index (χ0v) is 9.11. The minimum Gasteiger partial charge on any atom is -0.264 e. The average molecular weight is 222 g/mol. The molecule has 0 aromatic carbocycles. The van der Waals surface area contributed by atoms with Gasteiger partial charge in [0.1, 0.15) is 5.82 Å². The third kappa shape index (κ3) is 2.10. The van der Waals surface area contributed by atoms with Crippen LogP contribution < -0.4 is 0 Å². The fourth-order valence-electron chi connectivity index (χ4n) is 1.68. The van der Waals surface area contributed by atoms with E-state index >= 15 is 0 Å². The van der Waals surface area contributed by atoms with E-state index in [1.165, 1.54) is 0 Å². The smallest absolute Gasteiger partial charge is 0.133 e. The third-order valence-electron chi connectivity index (χ3n) is 2.52. The highest BCUT2D eigenvalue weighted by molar-refractivity contribution is 5.76. The first-order chi connectivity index (χ1) is 8.42. The summed E-state index contributed by atoms with van der Waals surface area (Å²) in [5.41, 5.74) is 1.98. The topological polar surface area (TPSA) is 51.6 Å². The van der Waals surface area contributed by atoms with E-state index < -0.39 is 0 Å². The predicted octanol–water partition coefficient (Wildman–Crippen LogP) is 2.01. The van der Waals surface area contributed by atoms with Gasteiger partial charge in [0.15, 0.2) is 0 Å². The lowest BCUT2D eigenvalue weighted by molar-refractivity contribution is 0.982. The minimum absolute atomic E-state index is 0.693. The van der Waals surface area contributed by atoms with E-state index in [9.17, 15) is 0 Å². The molecule has 3 rings (SSSR count). The van der Waals surface area contributed by atoms with Crippen LogP contribution in [0.5, 0.6) is 0 Å². The molecule has 4 heteroatoms. The van der Waals surface area contributed by atoms with Crippen LogP contribution in [0.1, 0.15) is 11.4 Å². The van der Waals surface area contributed by atoms with Crippen molar-refractivity contribution in [2.75, 3.05) is 0 Å². The van der Waals surface area contributed by atoms with Gasteiger partial charge in [0.05, 0.1) is 11.7 Å². The van der Waals surface area contributed by atoms with Crippen LogP contribution in [0, 0.1) is 0 Å². The summed E-state index contributed by atoms with van der Waals surface area (Å²) in [7, 11) is 0. The maximum absolute atomic E-state index is 4.47. The molecule has 0 amide bonds. The first-order valence-corrected chi connectivity index (χ1v) is 5.36. The standard InChI is InChI=1S/C13H10N4/c1-2-10(7-14-4-1)6-13-16-8-11-3-5-15-9-12(11)17-13/h1-5,7-9H,6H2. The Morgan fingerprint density at radius 2 is 1.88 bits per heavy atom. The van der Waals surface area contributed by atoms with Crippen molar-refractivity contribution in [1.82, 2.24) is 19.9 Å². The fourth-order valence-corrected chi connectivity index (χ4v) is 1.68. The van der Waals surface area contributed by atoms with Gasteiger partial charge in [-0.25, -0.2) is 9.97 Å². The second-order valence-corrected chi connectivity index (χ2v) is 3.76. The van der Waals surface area contributed by atoms with Gasteiger partial charge in [-0.3, -0.25) is 9.97 Å². The van der Waals surface area contributed by atoms with Crippen LogP contribution in [-0.4, -0.2) is 19.9 Å². The Balaban J connectivity index is 1.96. The maximum atomic E-state index is 4.47. The number of nitrogens with zero attached hydrogens (tertiary/aromatic N) is 4. The molecule has 0 saturated heterocycles. The van der Waals surface area contributed by atoms with Crippen LogP contribution in [0.25, 0.3) is 10.9 Å². The van der Waals surface area contributed by atoms with Crippen LogP contribution in [0.15, 0.2) is 49.2 Å².